The summed E-state index contributed by atoms with van der Waals surface area (Å²) in [6.45, 7) is 6.80. The van der Waals surface area contributed by atoms with E-state index >= 15 is 0 Å². The number of aliphatic hydroxyl groups is 1. The third-order valence-corrected chi connectivity index (χ3v) is 4.52. The summed E-state index contributed by atoms with van der Waals surface area (Å²) in [5.41, 5.74) is 5.26. The molecule has 1 saturated carbocycles. The Morgan fingerprint density at radius 1 is 1.18 bits per heavy atom. The maximum Gasteiger partial charge on any atom is 0.0687 e. The minimum Gasteiger partial charge on any atom is -0.392 e. The number of aliphatic hydroxyl groups excluding tert-OH is 1. The Morgan fingerprint density at radius 2 is 1.88 bits per heavy atom. The van der Waals surface area contributed by atoms with Gasteiger partial charge in [0.15, 0.2) is 0 Å². The Morgan fingerprint density at radius 3 is 2.53 bits per heavy atom. The molecule has 1 N–H and O–H groups in total. The van der Waals surface area contributed by atoms with Crippen molar-refractivity contribution in [1.29, 1.82) is 0 Å². The highest BCUT2D eigenvalue weighted by atomic mass is 16.3. The van der Waals surface area contributed by atoms with E-state index in [0.717, 1.165) is 5.92 Å². The molecule has 0 aromatic heterocycles. The molecule has 17 heavy (non-hydrogen) atoms. The van der Waals surface area contributed by atoms with Crippen LogP contribution in [0.3, 0.4) is 0 Å². The average molecular weight is 232 g/mol. The van der Waals surface area contributed by atoms with Crippen LogP contribution in [-0.2, 0) is 6.61 Å². The van der Waals surface area contributed by atoms with Crippen LogP contribution in [0.2, 0.25) is 0 Å². The van der Waals surface area contributed by atoms with E-state index in [-0.39, 0.29) is 6.61 Å². The van der Waals surface area contributed by atoms with Crippen LogP contribution in [0.5, 0.6) is 0 Å². The summed E-state index contributed by atoms with van der Waals surface area (Å²) in [6, 6.07) is 4.36. The molecule has 1 aromatic rings. The normalized spacial score (nSPS) is 24.2. The Kier molecular flexibility index (Phi) is 3.88. The fourth-order valence-electron chi connectivity index (χ4n) is 3.52. The summed E-state index contributed by atoms with van der Waals surface area (Å²) >= 11 is 0. The van der Waals surface area contributed by atoms with Gasteiger partial charge in [-0.1, -0.05) is 31.9 Å². The predicted octanol–water partition coefficient (Wildman–Crippen LogP) is 4.09. The highest BCUT2D eigenvalue weighted by Gasteiger charge is 2.30. The molecule has 1 aromatic carbocycles. The van der Waals surface area contributed by atoms with Crippen molar-refractivity contribution >= 4 is 0 Å². The minimum absolute atomic E-state index is 0.190. The maximum absolute atomic E-state index is 9.64. The van der Waals surface area contributed by atoms with Gasteiger partial charge in [0.25, 0.3) is 0 Å². The van der Waals surface area contributed by atoms with E-state index in [2.05, 4.69) is 32.9 Å². The smallest absolute Gasteiger partial charge is 0.0687 e. The number of hydrogen-bond donors (Lipinski definition) is 1. The second-order valence-electron chi connectivity index (χ2n) is 5.46. The van der Waals surface area contributed by atoms with Gasteiger partial charge in [-0.05, 0) is 60.8 Å². The molecular weight excluding hydrogens is 208 g/mol. The van der Waals surface area contributed by atoms with E-state index in [1.165, 1.54) is 47.9 Å². The van der Waals surface area contributed by atoms with Crippen LogP contribution in [-0.4, -0.2) is 5.11 Å². The van der Waals surface area contributed by atoms with Gasteiger partial charge < -0.3 is 5.11 Å². The molecule has 94 valence electrons. The average Bonchev–Trinajstić information content (AvgIpc) is 2.79. The second-order valence-corrected chi connectivity index (χ2v) is 5.46. The maximum atomic E-state index is 9.64. The van der Waals surface area contributed by atoms with Crippen LogP contribution in [0.1, 0.15) is 60.8 Å². The first-order valence-corrected chi connectivity index (χ1v) is 6.88. The Labute approximate surface area is 105 Å². The van der Waals surface area contributed by atoms with Crippen molar-refractivity contribution in [2.75, 3.05) is 0 Å². The van der Waals surface area contributed by atoms with Crippen LogP contribution in [0.15, 0.2) is 12.1 Å². The van der Waals surface area contributed by atoms with Crippen molar-refractivity contribution in [2.24, 2.45) is 5.92 Å². The zero-order valence-electron chi connectivity index (χ0n) is 11.3. The Hall–Kier alpha value is -0.820. The SMILES string of the molecule is CCC1CCCC1c1c(C)ccc(C)c1CO. The third kappa shape index (κ3) is 2.26. The molecule has 1 aliphatic rings. The zero-order chi connectivity index (χ0) is 12.4. The summed E-state index contributed by atoms with van der Waals surface area (Å²) in [5.74, 6) is 1.50. The molecule has 1 heteroatoms. The Balaban J connectivity index is 2.46. The van der Waals surface area contributed by atoms with Crippen molar-refractivity contribution in [3.8, 4) is 0 Å². The first kappa shape index (κ1) is 12.6. The highest BCUT2D eigenvalue weighted by Crippen LogP contribution is 2.44. The van der Waals surface area contributed by atoms with Crippen molar-refractivity contribution in [3.05, 3.63) is 34.4 Å². The number of aryl methyl sites for hydroxylation is 2. The topological polar surface area (TPSA) is 20.2 Å². The zero-order valence-corrected chi connectivity index (χ0v) is 11.3. The van der Waals surface area contributed by atoms with E-state index in [1.54, 1.807) is 0 Å². The molecule has 0 spiro atoms. The number of hydrogen-bond acceptors (Lipinski definition) is 1. The van der Waals surface area contributed by atoms with Gasteiger partial charge in [0.05, 0.1) is 6.61 Å². The molecule has 1 nitrogen and oxygen atoms in total. The van der Waals surface area contributed by atoms with E-state index in [0.29, 0.717) is 5.92 Å². The molecule has 2 unspecified atom stereocenters. The molecule has 2 rings (SSSR count). The van der Waals surface area contributed by atoms with Crippen molar-refractivity contribution in [3.63, 3.8) is 0 Å². The van der Waals surface area contributed by atoms with Gasteiger partial charge >= 0.3 is 0 Å². The summed E-state index contributed by atoms with van der Waals surface area (Å²) in [5, 5.41) is 9.64. The van der Waals surface area contributed by atoms with E-state index < -0.39 is 0 Å². The van der Waals surface area contributed by atoms with Gasteiger partial charge in [0.2, 0.25) is 0 Å². The van der Waals surface area contributed by atoms with Crippen LogP contribution >= 0.6 is 0 Å². The van der Waals surface area contributed by atoms with Crippen molar-refractivity contribution < 1.29 is 5.11 Å². The van der Waals surface area contributed by atoms with Crippen molar-refractivity contribution in [2.45, 2.75) is 59.0 Å². The largest absolute Gasteiger partial charge is 0.392 e. The molecule has 0 heterocycles. The lowest BCUT2D eigenvalue weighted by Gasteiger charge is -2.24. The quantitative estimate of drug-likeness (QED) is 0.832. The molecule has 0 saturated heterocycles. The standard InChI is InChI=1S/C16H24O/c1-4-13-6-5-7-14(13)16-12(3)9-8-11(2)15(16)10-17/h8-9,13-14,17H,4-7,10H2,1-3H3. The first-order chi connectivity index (χ1) is 8.19. The van der Waals surface area contributed by atoms with Gasteiger partial charge in [0, 0.05) is 0 Å². The Bertz CT molecular complexity index is 395. The highest BCUT2D eigenvalue weighted by molar-refractivity contribution is 5.42. The molecule has 1 aliphatic carbocycles. The van der Waals surface area contributed by atoms with Crippen molar-refractivity contribution in [1.82, 2.24) is 0 Å². The molecule has 1 fully saturated rings. The van der Waals surface area contributed by atoms with Gasteiger partial charge in [-0.2, -0.15) is 0 Å². The molecule has 0 amide bonds. The lowest BCUT2D eigenvalue weighted by molar-refractivity contribution is 0.277. The molecule has 0 aliphatic heterocycles. The van der Waals surface area contributed by atoms with Crippen LogP contribution in [0.4, 0.5) is 0 Å². The monoisotopic (exact) mass is 232 g/mol. The summed E-state index contributed by atoms with van der Waals surface area (Å²) < 4.78 is 0. The summed E-state index contributed by atoms with van der Waals surface area (Å²) in [6.07, 6.45) is 5.28. The predicted molar refractivity (Wildman–Crippen MR) is 72.2 cm³/mol. The number of rotatable bonds is 3. The van der Waals surface area contributed by atoms with Crippen LogP contribution in [0.25, 0.3) is 0 Å². The van der Waals surface area contributed by atoms with Gasteiger partial charge in [-0.25, -0.2) is 0 Å². The first-order valence-electron chi connectivity index (χ1n) is 6.88. The van der Waals surface area contributed by atoms with E-state index in [9.17, 15) is 5.11 Å². The minimum atomic E-state index is 0.190. The van der Waals surface area contributed by atoms with Crippen LogP contribution in [0, 0.1) is 19.8 Å². The lowest BCUT2D eigenvalue weighted by atomic mass is 9.81. The summed E-state index contributed by atoms with van der Waals surface area (Å²) in [4.78, 5) is 0. The van der Waals surface area contributed by atoms with E-state index in [4.69, 9.17) is 0 Å². The molecule has 0 bridgehead atoms. The summed E-state index contributed by atoms with van der Waals surface area (Å²) in [7, 11) is 0. The second kappa shape index (κ2) is 5.22. The van der Waals surface area contributed by atoms with E-state index in [1.807, 2.05) is 0 Å². The fourth-order valence-corrected chi connectivity index (χ4v) is 3.52. The molecule has 2 atom stereocenters. The number of benzene rings is 1. The van der Waals surface area contributed by atoms with Gasteiger partial charge in [-0.3, -0.25) is 0 Å². The fraction of sp³-hybridized carbons (Fsp3) is 0.625. The van der Waals surface area contributed by atoms with Crippen LogP contribution < -0.4 is 0 Å². The lowest BCUT2D eigenvalue weighted by Crippen LogP contribution is -2.11. The third-order valence-electron chi connectivity index (χ3n) is 4.52. The van der Waals surface area contributed by atoms with Gasteiger partial charge in [-0.15, -0.1) is 0 Å². The van der Waals surface area contributed by atoms with Gasteiger partial charge in [0.1, 0.15) is 0 Å². The molecular formula is C16H24O. The molecule has 0 radical (unpaired) electrons.